The maximum atomic E-state index is 12.2. The minimum Gasteiger partial charge on any atom is -0.374 e. The van der Waals surface area contributed by atoms with Crippen LogP contribution in [0, 0.1) is 0 Å². The Morgan fingerprint density at radius 1 is 1.21 bits per heavy atom. The summed E-state index contributed by atoms with van der Waals surface area (Å²) in [6, 6.07) is 14.0. The lowest BCUT2D eigenvalue weighted by Crippen LogP contribution is -2.47. The van der Waals surface area contributed by atoms with Gasteiger partial charge in [0.05, 0.1) is 24.6 Å². The van der Waals surface area contributed by atoms with Crippen molar-refractivity contribution in [3.8, 4) is 0 Å². The summed E-state index contributed by atoms with van der Waals surface area (Å²) in [7, 11) is 0. The Kier molecular flexibility index (Phi) is 7.84. The number of anilines is 2. The minimum atomic E-state index is -0.244. The number of morpholine rings is 1. The number of aromatic nitrogens is 1. The highest BCUT2D eigenvalue weighted by Crippen LogP contribution is 2.14. The van der Waals surface area contributed by atoms with Crippen molar-refractivity contribution in [1.82, 2.24) is 15.2 Å². The molecule has 1 aromatic heterocycles. The van der Waals surface area contributed by atoms with Crippen LogP contribution in [0.2, 0.25) is 0 Å². The van der Waals surface area contributed by atoms with E-state index in [2.05, 4.69) is 63.5 Å². The number of hydrogen-bond donors (Lipinski definition) is 2. The maximum absolute atomic E-state index is 12.2. The Labute approximate surface area is 173 Å². The Bertz CT molecular complexity index is 750. The molecular formula is C22H31N5O2. The molecular weight excluding hydrogens is 366 g/mol. The molecule has 2 amide bonds. The van der Waals surface area contributed by atoms with E-state index in [1.165, 1.54) is 5.56 Å². The van der Waals surface area contributed by atoms with Gasteiger partial charge in [-0.2, -0.15) is 0 Å². The number of benzene rings is 1. The maximum Gasteiger partial charge on any atom is 0.319 e. The number of ether oxygens (including phenoxy) is 1. The molecule has 29 heavy (non-hydrogen) atoms. The molecule has 3 rings (SSSR count). The highest BCUT2D eigenvalue weighted by molar-refractivity contribution is 5.89. The molecule has 1 atom stereocenters. The van der Waals surface area contributed by atoms with Gasteiger partial charge >= 0.3 is 6.03 Å². The molecule has 1 aliphatic rings. The summed E-state index contributed by atoms with van der Waals surface area (Å²) in [4.78, 5) is 21.2. The van der Waals surface area contributed by atoms with Crippen LogP contribution in [0.15, 0.2) is 48.7 Å². The summed E-state index contributed by atoms with van der Waals surface area (Å²) in [5.74, 6) is 0.912. The number of nitrogens with one attached hydrogen (secondary N) is 2. The van der Waals surface area contributed by atoms with Gasteiger partial charge in [-0.1, -0.05) is 30.3 Å². The van der Waals surface area contributed by atoms with Gasteiger partial charge in [-0.15, -0.1) is 0 Å². The van der Waals surface area contributed by atoms with Crippen molar-refractivity contribution in [2.45, 2.75) is 26.5 Å². The van der Waals surface area contributed by atoms with Gasteiger partial charge in [-0.05, 0) is 31.5 Å². The molecule has 7 heteroatoms. The number of nitrogens with zero attached hydrogens (tertiary/aromatic N) is 3. The van der Waals surface area contributed by atoms with E-state index >= 15 is 0 Å². The fraction of sp³-hybridized carbons (Fsp3) is 0.455. The molecule has 1 aliphatic heterocycles. The first-order valence-corrected chi connectivity index (χ1v) is 10.3. The molecule has 0 unspecified atom stereocenters. The average molecular weight is 398 g/mol. The van der Waals surface area contributed by atoms with E-state index in [0.29, 0.717) is 18.8 Å². The standard InChI is InChI=1S/C22H31N5O2/c1-3-27(4-2)21-11-10-19(14-23-21)25-22(28)24-15-20-17-26(12-13-29-20)16-18-8-6-5-7-9-18/h5-11,14,20H,3-4,12-13,15-17H2,1-2H3,(H2,24,25,28)/t20-/m1/s1. The van der Waals surface area contributed by atoms with Crippen molar-refractivity contribution in [3.63, 3.8) is 0 Å². The summed E-state index contributed by atoms with van der Waals surface area (Å²) in [5, 5.41) is 5.74. The number of pyridine rings is 1. The van der Waals surface area contributed by atoms with Gasteiger partial charge in [-0.3, -0.25) is 4.90 Å². The van der Waals surface area contributed by atoms with E-state index < -0.39 is 0 Å². The van der Waals surface area contributed by atoms with Gasteiger partial charge in [-0.25, -0.2) is 9.78 Å². The third-order valence-electron chi connectivity index (χ3n) is 5.06. The normalized spacial score (nSPS) is 17.0. The zero-order valence-electron chi connectivity index (χ0n) is 17.3. The number of hydrogen-bond acceptors (Lipinski definition) is 5. The van der Waals surface area contributed by atoms with Gasteiger partial charge in [0.15, 0.2) is 0 Å². The van der Waals surface area contributed by atoms with Gasteiger partial charge in [0.25, 0.3) is 0 Å². The molecule has 0 saturated carbocycles. The molecule has 156 valence electrons. The predicted molar refractivity (Wildman–Crippen MR) is 116 cm³/mol. The van der Waals surface area contributed by atoms with Crippen molar-refractivity contribution in [3.05, 3.63) is 54.2 Å². The van der Waals surface area contributed by atoms with Gasteiger partial charge in [0.1, 0.15) is 5.82 Å². The Hall–Kier alpha value is -2.64. The largest absolute Gasteiger partial charge is 0.374 e. The van der Waals surface area contributed by atoms with E-state index in [1.54, 1.807) is 6.20 Å². The monoisotopic (exact) mass is 397 g/mol. The molecule has 0 spiro atoms. The second-order valence-electron chi connectivity index (χ2n) is 7.13. The van der Waals surface area contributed by atoms with Gasteiger partial charge in [0.2, 0.25) is 0 Å². The fourth-order valence-corrected chi connectivity index (χ4v) is 3.47. The number of carbonyl (C=O) groups excluding carboxylic acids is 1. The zero-order valence-corrected chi connectivity index (χ0v) is 17.3. The molecule has 7 nitrogen and oxygen atoms in total. The molecule has 1 aromatic carbocycles. The summed E-state index contributed by atoms with van der Waals surface area (Å²) in [6.07, 6.45) is 1.67. The highest BCUT2D eigenvalue weighted by Gasteiger charge is 2.21. The molecule has 1 fully saturated rings. The summed E-state index contributed by atoms with van der Waals surface area (Å²) in [6.45, 7) is 9.76. The summed E-state index contributed by atoms with van der Waals surface area (Å²) < 4.78 is 5.81. The van der Waals surface area contributed by atoms with Crippen LogP contribution in [0.3, 0.4) is 0 Å². The molecule has 2 heterocycles. The third-order valence-corrected chi connectivity index (χ3v) is 5.06. The average Bonchev–Trinajstić information content (AvgIpc) is 2.75. The second-order valence-corrected chi connectivity index (χ2v) is 7.13. The Balaban J connectivity index is 1.43. The van der Waals surface area contributed by atoms with Crippen LogP contribution in [0.1, 0.15) is 19.4 Å². The molecule has 2 aromatic rings. The lowest BCUT2D eigenvalue weighted by atomic mass is 10.2. The van der Waals surface area contributed by atoms with Crippen LogP contribution in [-0.2, 0) is 11.3 Å². The Morgan fingerprint density at radius 2 is 2.00 bits per heavy atom. The SMILES string of the molecule is CCN(CC)c1ccc(NC(=O)NC[C@@H]2CN(Cc3ccccc3)CCO2)cn1. The van der Waals surface area contributed by atoms with Gasteiger partial charge in [0, 0.05) is 39.3 Å². The lowest BCUT2D eigenvalue weighted by molar-refractivity contribution is -0.0285. The quantitative estimate of drug-likeness (QED) is 0.717. The first-order valence-electron chi connectivity index (χ1n) is 10.3. The Morgan fingerprint density at radius 3 is 2.69 bits per heavy atom. The van der Waals surface area contributed by atoms with Crippen LogP contribution in [-0.4, -0.2) is 61.3 Å². The zero-order chi connectivity index (χ0) is 20.5. The van der Waals surface area contributed by atoms with E-state index in [-0.39, 0.29) is 12.1 Å². The predicted octanol–water partition coefficient (Wildman–Crippen LogP) is 2.95. The number of rotatable bonds is 8. The van der Waals surface area contributed by atoms with Crippen LogP contribution >= 0.6 is 0 Å². The van der Waals surface area contributed by atoms with Crippen LogP contribution < -0.4 is 15.5 Å². The smallest absolute Gasteiger partial charge is 0.319 e. The highest BCUT2D eigenvalue weighted by atomic mass is 16.5. The third kappa shape index (κ3) is 6.44. The fourth-order valence-electron chi connectivity index (χ4n) is 3.47. The van der Waals surface area contributed by atoms with E-state index in [4.69, 9.17) is 4.74 Å². The van der Waals surface area contributed by atoms with E-state index in [1.807, 2.05) is 18.2 Å². The van der Waals surface area contributed by atoms with Crippen LogP contribution in [0.25, 0.3) is 0 Å². The van der Waals surface area contributed by atoms with E-state index in [9.17, 15) is 4.79 Å². The molecule has 0 bridgehead atoms. The number of carbonyl (C=O) groups is 1. The first kappa shape index (κ1) is 21.1. The lowest BCUT2D eigenvalue weighted by Gasteiger charge is -2.33. The van der Waals surface area contributed by atoms with Crippen molar-refractivity contribution in [2.24, 2.45) is 0 Å². The van der Waals surface area contributed by atoms with E-state index in [0.717, 1.165) is 38.5 Å². The topological polar surface area (TPSA) is 69.7 Å². The van der Waals surface area contributed by atoms with Crippen molar-refractivity contribution in [1.29, 1.82) is 0 Å². The number of amides is 2. The minimum absolute atomic E-state index is 0.0126. The number of urea groups is 1. The molecule has 0 radical (unpaired) electrons. The van der Waals surface area contributed by atoms with Gasteiger partial charge < -0.3 is 20.3 Å². The summed E-state index contributed by atoms with van der Waals surface area (Å²) >= 11 is 0. The summed E-state index contributed by atoms with van der Waals surface area (Å²) in [5.41, 5.74) is 1.97. The van der Waals surface area contributed by atoms with Crippen molar-refractivity contribution >= 4 is 17.5 Å². The van der Waals surface area contributed by atoms with Crippen LogP contribution in [0.4, 0.5) is 16.3 Å². The molecule has 1 saturated heterocycles. The van der Waals surface area contributed by atoms with Crippen LogP contribution in [0.5, 0.6) is 0 Å². The second kappa shape index (κ2) is 10.8. The first-order chi connectivity index (χ1) is 14.2. The molecule has 0 aliphatic carbocycles. The molecule has 2 N–H and O–H groups in total. The van der Waals surface area contributed by atoms with Crippen molar-refractivity contribution in [2.75, 3.05) is 49.5 Å². The van der Waals surface area contributed by atoms with Crippen molar-refractivity contribution < 1.29 is 9.53 Å².